The minimum atomic E-state index is -3.26. The Morgan fingerprint density at radius 3 is 1.69 bits per heavy atom. The molecular weight excluding hydrogens is 457 g/mol. The molecule has 0 aliphatic rings. The first-order chi connectivity index (χ1) is 17.1. The molecular formula is C28H28N3O3P. The molecule has 0 bridgehead atoms. The molecule has 35 heavy (non-hydrogen) atoms. The van der Waals surface area contributed by atoms with E-state index in [4.69, 9.17) is 14.1 Å². The van der Waals surface area contributed by atoms with Crippen LogP contribution in [0.5, 0.6) is 0 Å². The minimum Gasteiger partial charge on any atom is -0.308 e. The van der Waals surface area contributed by atoms with Gasteiger partial charge < -0.3 is 9.05 Å². The van der Waals surface area contributed by atoms with Crippen molar-refractivity contribution in [3.8, 4) is 11.8 Å². The van der Waals surface area contributed by atoms with Gasteiger partial charge in [-0.2, -0.15) is 0 Å². The van der Waals surface area contributed by atoms with Crippen molar-refractivity contribution >= 4 is 7.60 Å². The maximum absolute atomic E-state index is 12.7. The molecule has 0 N–H and O–H groups in total. The van der Waals surface area contributed by atoms with Gasteiger partial charge in [0.1, 0.15) is 18.0 Å². The molecule has 4 rings (SSSR count). The van der Waals surface area contributed by atoms with E-state index in [0.29, 0.717) is 19.0 Å². The number of rotatable bonds is 9. The van der Waals surface area contributed by atoms with Crippen LogP contribution in [0.3, 0.4) is 0 Å². The van der Waals surface area contributed by atoms with Gasteiger partial charge in [0.2, 0.25) is 5.82 Å². The smallest absolute Gasteiger partial charge is 0.308 e. The second kappa shape index (κ2) is 11.3. The molecule has 0 amide bonds. The lowest BCUT2D eigenvalue weighted by Gasteiger charge is -2.35. The van der Waals surface area contributed by atoms with Crippen LogP contribution in [0, 0.1) is 11.8 Å². The fraction of sp³-hybridized carbons (Fsp3) is 0.214. The molecule has 0 unspecified atom stereocenters. The van der Waals surface area contributed by atoms with Gasteiger partial charge in [-0.05, 0) is 36.5 Å². The molecule has 0 atom stereocenters. The summed E-state index contributed by atoms with van der Waals surface area (Å²) in [4.78, 5) is 4.48. The van der Waals surface area contributed by atoms with E-state index in [9.17, 15) is 4.57 Å². The Morgan fingerprint density at radius 1 is 0.800 bits per heavy atom. The van der Waals surface area contributed by atoms with Crippen molar-refractivity contribution in [2.24, 2.45) is 0 Å². The Kier molecular flexibility index (Phi) is 7.94. The van der Waals surface area contributed by atoms with Gasteiger partial charge in [-0.3, -0.25) is 4.57 Å². The first-order valence-corrected chi connectivity index (χ1v) is 13.3. The third kappa shape index (κ3) is 5.28. The topological polar surface area (TPSA) is 66.2 Å². The van der Waals surface area contributed by atoms with E-state index >= 15 is 0 Å². The predicted octanol–water partition coefficient (Wildman–Crippen LogP) is 5.74. The molecule has 0 saturated heterocycles. The minimum absolute atomic E-state index is 0.0234. The Labute approximate surface area is 206 Å². The van der Waals surface area contributed by atoms with E-state index in [1.54, 1.807) is 20.2 Å². The average molecular weight is 486 g/mol. The molecule has 0 aliphatic heterocycles. The summed E-state index contributed by atoms with van der Waals surface area (Å²) in [5.41, 5.74) is 2.36. The summed E-state index contributed by atoms with van der Waals surface area (Å²) in [5.74, 6) is 6.16. The summed E-state index contributed by atoms with van der Waals surface area (Å²) in [6.45, 7) is 4.14. The van der Waals surface area contributed by atoms with Crippen molar-refractivity contribution in [2.75, 3.05) is 19.4 Å². The zero-order valence-electron chi connectivity index (χ0n) is 19.9. The van der Waals surface area contributed by atoms with Crippen molar-refractivity contribution in [1.29, 1.82) is 0 Å². The number of hydrogen-bond acceptors (Lipinski definition) is 5. The van der Waals surface area contributed by atoms with Gasteiger partial charge in [-0.1, -0.05) is 96.9 Å². The SMILES string of the molecule is CCOP(=O)(CC#Cc1ncn(C(c2ccccc2)(c2ccccc2)c2ccccc2)n1)OCC. The highest BCUT2D eigenvalue weighted by atomic mass is 31.2. The molecule has 0 saturated carbocycles. The van der Waals surface area contributed by atoms with Gasteiger partial charge in [0, 0.05) is 0 Å². The monoisotopic (exact) mass is 485 g/mol. The van der Waals surface area contributed by atoms with Crippen molar-refractivity contribution in [1.82, 2.24) is 14.8 Å². The van der Waals surface area contributed by atoms with Gasteiger partial charge in [0.05, 0.1) is 13.2 Å². The summed E-state index contributed by atoms with van der Waals surface area (Å²) in [7, 11) is -3.26. The van der Waals surface area contributed by atoms with Crippen molar-refractivity contribution in [3.05, 3.63) is 120 Å². The lowest BCUT2D eigenvalue weighted by Crippen LogP contribution is -2.38. The number of aromatic nitrogens is 3. The maximum Gasteiger partial charge on any atom is 0.342 e. The maximum atomic E-state index is 12.7. The first kappa shape index (κ1) is 24.6. The van der Waals surface area contributed by atoms with Crippen LogP contribution in [0.2, 0.25) is 0 Å². The van der Waals surface area contributed by atoms with Crippen molar-refractivity contribution in [2.45, 2.75) is 19.4 Å². The van der Waals surface area contributed by atoms with Crippen molar-refractivity contribution in [3.63, 3.8) is 0 Å². The molecule has 6 nitrogen and oxygen atoms in total. The number of nitrogens with zero attached hydrogens (tertiary/aromatic N) is 3. The quantitative estimate of drug-likeness (QED) is 0.172. The summed E-state index contributed by atoms with van der Waals surface area (Å²) < 4.78 is 25.2. The molecule has 0 spiro atoms. The highest BCUT2D eigenvalue weighted by Gasteiger charge is 2.39. The van der Waals surface area contributed by atoms with Gasteiger partial charge in [-0.25, -0.2) is 9.67 Å². The van der Waals surface area contributed by atoms with Crippen molar-refractivity contribution < 1.29 is 13.6 Å². The van der Waals surface area contributed by atoms with E-state index in [2.05, 4.69) is 53.2 Å². The zero-order chi connectivity index (χ0) is 24.6. The predicted molar refractivity (Wildman–Crippen MR) is 137 cm³/mol. The molecule has 4 aromatic rings. The molecule has 1 aromatic heterocycles. The standard InChI is InChI=1S/C28H28N3O3P/c1-3-33-35(32,34-4-2)22-14-21-27-29-23-31(30-27)28(24-15-8-5-9-16-24,25-17-10-6-11-18-25)26-19-12-7-13-20-26/h5-13,15-20,23H,3-4,22H2,1-2H3. The Morgan fingerprint density at radius 2 is 1.26 bits per heavy atom. The number of benzene rings is 3. The summed E-state index contributed by atoms with van der Waals surface area (Å²) in [5, 5.41) is 4.78. The third-order valence-electron chi connectivity index (χ3n) is 5.53. The number of hydrogen-bond donors (Lipinski definition) is 0. The highest BCUT2D eigenvalue weighted by molar-refractivity contribution is 7.54. The fourth-order valence-corrected chi connectivity index (χ4v) is 5.47. The fourth-order valence-electron chi connectivity index (χ4n) is 4.15. The lowest BCUT2D eigenvalue weighted by molar-refractivity contribution is 0.223. The third-order valence-corrected chi connectivity index (χ3v) is 7.38. The van der Waals surface area contributed by atoms with Crippen LogP contribution in [0.1, 0.15) is 36.4 Å². The largest absolute Gasteiger partial charge is 0.342 e. The molecule has 1 heterocycles. The molecule has 7 heteroatoms. The van der Waals surface area contributed by atoms with Crippen LogP contribution in [0.25, 0.3) is 0 Å². The summed E-state index contributed by atoms with van der Waals surface area (Å²) in [6, 6.07) is 30.7. The average Bonchev–Trinajstić information content (AvgIpc) is 3.36. The Hall–Kier alpha value is -3.49. The van der Waals surface area contributed by atoms with E-state index in [1.807, 2.05) is 59.3 Å². The Balaban J connectivity index is 1.82. The molecule has 0 fully saturated rings. The van der Waals surface area contributed by atoms with E-state index in [0.717, 1.165) is 16.7 Å². The second-order valence-corrected chi connectivity index (χ2v) is 9.78. The van der Waals surface area contributed by atoms with Crippen LogP contribution in [-0.2, 0) is 19.2 Å². The molecule has 178 valence electrons. The zero-order valence-corrected chi connectivity index (χ0v) is 20.8. The van der Waals surface area contributed by atoms with Gasteiger partial charge in [-0.15, -0.1) is 5.10 Å². The summed E-state index contributed by atoms with van der Waals surface area (Å²) in [6.07, 6.45) is 1.67. The molecule has 3 aromatic carbocycles. The van der Waals surface area contributed by atoms with Crippen LogP contribution in [-0.4, -0.2) is 34.1 Å². The van der Waals surface area contributed by atoms with E-state index in [-0.39, 0.29) is 6.16 Å². The van der Waals surface area contributed by atoms with Gasteiger partial charge >= 0.3 is 7.60 Å². The summed E-state index contributed by atoms with van der Waals surface area (Å²) >= 11 is 0. The van der Waals surface area contributed by atoms with Gasteiger partial charge in [0.25, 0.3) is 0 Å². The van der Waals surface area contributed by atoms with Crippen LogP contribution < -0.4 is 0 Å². The van der Waals surface area contributed by atoms with E-state index < -0.39 is 13.1 Å². The highest BCUT2D eigenvalue weighted by Crippen LogP contribution is 2.47. The van der Waals surface area contributed by atoms with Crippen LogP contribution >= 0.6 is 7.60 Å². The second-order valence-electron chi connectivity index (χ2n) is 7.73. The van der Waals surface area contributed by atoms with Gasteiger partial charge in [0.15, 0.2) is 0 Å². The van der Waals surface area contributed by atoms with E-state index in [1.165, 1.54) is 0 Å². The van der Waals surface area contributed by atoms with Crippen LogP contribution in [0.4, 0.5) is 0 Å². The Bertz CT molecular complexity index is 1220. The molecule has 0 radical (unpaired) electrons. The normalized spacial score (nSPS) is 11.6. The van der Waals surface area contributed by atoms with Crippen LogP contribution in [0.15, 0.2) is 97.3 Å². The lowest BCUT2D eigenvalue weighted by atomic mass is 9.77. The first-order valence-electron chi connectivity index (χ1n) is 11.6. The molecule has 0 aliphatic carbocycles.